The molecule has 1 aliphatic heterocycles. The van der Waals surface area contributed by atoms with Crippen molar-refractivity contribution in [3.8, 4) is 0 Å². The fraction of sp³-hybridized carbons (Fsp3) is 0.588. The highest BCUT2D eigenvalue weighted by molar-refractivity contribution is 7.07. The molecule has 140 valence electrons. The lowest BCUT2D eigenvalue weighted by atomic mass is 10.2. The van der Waals surface area contributed by atoms with Crippen molar-refractivity contribution in [2.24, 2.45) is 5.92 Å². The summed E-state index contributed by atoms with van der Waals surface area (Å²) in [5.41, 5.74) is 2.57. The molecule has 0 spiro atoms. The van der Waals surface area contributed by atoms with Crippen LogP contribution >= 0.6 is 11.3 Å². The third-order valence-electron chi connectivity index (χ3n) is 4.44. The Kier molecular flexibility index (Phi) is 5.97. The van der Waals surface area contributed by atoms with Crippen molar-refractivity contribution < 1.29 is 9.59 Å². The van der Waals surface area contributed by atoms with Crippen molar-refractivity contribution in [1.82, 2.24) is 30.0 Å². The summed E-state index contributed by atoms with van der Waals surface area (Å²) in [6.45, 7) is 6.25. The first kappa shape index (κ1) is 18.5. The van der Waals surface area contributed by atoms with E-state index < -0.39 is 0 Å². The summed E-state index contributed by atoms with van der Waals surface area (Å²) in [5.74, 6) is 1.87. The maximum atomic E-state index is 12.5. The van der Waals surface area contributed by atoms with Gasteiger partial charge in [0.2, 0.25) is 11.8 Å². The van der Waals surface area contributed by atoms with E-state index >= 15 is 0 Å². The van der Waals surface area contributed by atoms with E-state index in [0.717, 1.165) is 17.3 Å². The topological polar surface area (TPSA) is 93.0 Å². The van der Waals surface area contributed by atoms with Gasteiger partial charge in [0.25, 0.3) is 0 Å². The smallest absolute Gasteiger partial charge is 0.228 e. The van der Waals surface area contributed by atoms with Crippen LogP contribution in [0.25, 0.3) is 0 Å². The van der Waals surface area contributed by atoms with Crippen LogP contribution in [-0.2, 0) is 35.4 Å². The van der Waals surface area contributed by atoms with Crippen molar-refractivity contribution >= 4 is 23.2 Å². The number of fused-ring (bicyclic) bond motifs is 1. The van der Waals surface area contributed by atoms with E-state index in [1.54, 1.807) is 5.51 Å². The van der Waals surface area contributed by atoms with Gasteiger partial charge in [-0.1, -0.05) is 13.8 Å². The number of rotatable bonds is 6. The standard InChI is InChI=1S/C17H24N6O2S/c1-12(2)17(25)18-5-3-14-20-21-15-4-6-22(7-8-23(14)15)16(24)9-13-10-26-11-19-13/h10-12H,3-9H2,1-2H3,(H,18,25). The Morgan fingerprint density at radius 1 is 1.27 bits per heavy atom. The van der Waals surface area contributed by atoms with Gasteiger partial charge in [0.15, 0.2) is 0 Å². The average molecular weight is 376 g/mol. The predicted octanol–water partition coefficient (Wildman–Crippen LogP) is 0.677. The zero-order valence-electron chi connectivity index (χ0n) is 15.1. The molecule has 9 heteroatoms. The van der Waals surface area contributed by atoms with Crippen LogP contribution in [0.1, 0.15) is 31.2 Å². The number of nitrogens with zero attached hydrogens (tertiary/aromatic N) is 5. The summed E-state index contributed by atoms with van der Waals surface area (Å²) in [7, 11) is 0. The van der Waals surface area contributed by atoms with Gasteiger partial charge in [-0.05, 0) is 0 Å². The van der Waals surface area contributed by atoms with Crippen LogP contribution in [0.2, 0.25) is 0 Å². The highest BCUT2D eigenvalue weighted by Gasteiger charge is 2.22. The fourth-order valence-corrected chi connectivity index (χ4v) is 3.47. The first-order valence-corrected chi connectivity index (χ1v) is 9.82. The van der Waals surface area contributed by atoms with Gasteiger partial charge in [0.1, 0.15) is 11.6 Å². The molecular formula is C17H24N6O2S. The Morgan fingerprint density at radius 2 is 2.12 bits per heavy atom. The Bertz CT molecular complexity index is 755. The maximum Gasteiger partial charge on any atom is 0.228 e. The number of thiazole rings is 1. The Hall–Kier alpha value is -2.29. The van der Waals surface area contributed by atoms with Gasteiger partial charge >= 0.3 is 0 Å². The van der Waals surface area contributed by atoms with E-state index in [4.69, 9.17) is 0 Å². The summed E-state index contributed by atoms with van der Waals surface area (Å²) < 4.78 is 2.08. The Balaban J connectivity index is 1.55. The lowest BCUT2D eigenvalue weighted by molar-refractivity contribution is -0.130. The molecule has 0 saturated carbocycles. The molecule has 1 aliphatic rings. The summed E-state index contributed by atoms with van der Waals surface area (Å²) in [6.07, 6.45) is 1.67. The van der Waals surface area contributed by atoms with Crippen LogP contribution in [0.4, 0.5) is 0 Å². The first-order valence-electron chi connectivity index (χ1n) is 8.88. The van der Waals surface area contributed by atoms with Gasteiger partial charge in [0.05, 0.1) is 17.6 Å². The highest BCUT2D eigenvalue weighted by Crippen LogP contribution is 2.12. The lowest BCUT2D eigenvalue weighted by Crippen LogP contribution is -2.35. The van der Waals surface area contributed by atoms with E-state index in [9.17, 15) is 9.59 Å². The Morgan fingerprint density at radius 3 is 2.85 bits per heavy atom. The van der Waals surface area contributed by atoms with Crippen LogP contribution < -0.4 is 5.32 Å². The average Bonchev–Trinajstić information content (AvgIpc) is 3.20. The number of carbonyl (C=O) groups is 2. The molecule has 0 unspecified atom stereocenters. The van der Waals surface area contributed by atoms with Crippen molar-refractivity contribution in [2.75, 3.05) is 19.6 Å². The van der Waals surface area contributed by atoms with Gasteiger partial charge < -0.3 is 14.8 Å². The van der Waals surface area contributed by atoms with Gasteiger partial charge in [0, 0.05) is 50.3 Å². The molecule has 3 rings (SSSR count). The molecule has 2 aromatic rings. The summed E-state index contributed by atoms with van der Waals surface area (Å²) in [5, 5.41) is 13.3. The lowest BCUT2D eigenvalue weighted by Gasteiger charge is -2.19. The number of hydrogen-bond donors (Lipinski definition) is 1. The second-order valence-corrected chi connectivity index (χ2v) is 7.39. The number of hydrogen-bond acceptors (Lipinski definition) is 6. The SMILES string of the molecule is CC(C)C(=O)NCCc1nnc2n1CCN(C(=O)Cc1cscn1)CC2. The zero-order chi connectivity index (χ0) is 18.5. The van der Waals surface area contributed by atoms with Crippen LogP contribution in [-0.4, -0.2) is 56.1 Å². The summed E-state index contributed by atoms with van der Waals surface area (Å²) in [4.78, 5) is 30.2. The van der Waals surface area contributed by atoms with Gasteiger partial charge in [-0.15, -0.1) is 21.5 Å². The quantitative estimate of drug-likeness (QED) is 0.800. The molecular weight excluding hydrogens is 352 g/mol. The van der Waals surface area contributed by atoms with E-state index in [-0.39, 0.29) is 17.7 Å². The molecule has 2 aromatic heterocycles. The molecule has 3 heterocycles. The van der Waals surface area contributed by atoms with E-state index in [1.807, 2.05) is 24.1 Å². The minimum absolute atomic E-state index is 0.0252. The van der Waals surface area contributed by atoms with Crippen molar-refractivity contribution in [1.29, 1.82) is 0 Å². The molecule has 0 fully saturated rings. The predicted molar refractivity (Wildman–Crippen MR) is 97.7 cm³/mol. The van der Waals surface area contributed by atoms with E-state index in [1.165, 1.54) is 11.3 Å². The molecule has 0 bridgehead atoms. The normalized spacial score (nSPS) is 14.2. The molecule has 0 aromatic carbocycles. The maximum absolute atomic E-state index is 12.5. The fourth-order valence-electron chi connectivity index (χ4n) is 2.91. The monoisotopic (exact) mass is 376 g/mol. The molecule has 26 heavy (non-hydrogen) atoms. The van der Waals surface area contributed by atoms with E-state index in [2.05, 4.69) is 25.1 Å². The second kappa shape index (κ2) is 8.39. The minimum atomic E-state index is -0.0252. The summed E-state index contributed by atoms with van der Waals surface area (Å²) >= 11 is 1.50. The first-order chi connectivity index (χ1) is 12.5. The second-order valence-electron chi connectivity index (χ2n) is 6.67. The third-order valence-corrected chi connectivity index (χ3v) is 5.08. The van der Waals surface area contributed by atoms with Crippen molar-refractivity contribution in [2.45, 2.75) is 39.7 Å². The Labute approximate surface area is 156 Å². The zero-order valence-corrected chi connectivity index (χ0v) is 16.0. The van der Waals surface area contributed by atoms with Gasteiger partial charge in [-0.3, -0.25) is 9.59 Å². The number of nitrogens with one attached hydrogen (secondary N) is 1. The van der Waals surface area contributed by atoms with E-state index in [0.29, 0.717) is 45.4 Å². The van der Waals surface area contributed by atoms with Crippen LogP contribution in [0, 0.1) is 5.92 Å². The van der Waals surface area contributed by atoms with Crippen LogP contribution in [0.3, 0.4) is 0 Å². The van der Waals surface area contributed by atoms with Gasteiger partial charge in [-0.25, -0.2) is 4.98 Å². The van der Waals surface area contributed by atoms with Crippen LogP contribution in [0.15, 0.2) is 10.9 Å². The number of carbonyl (C=O) groups excluding carboxylic acids is 2. The molecule has 1 N–H and O–H groups in total. The molecule has 8 nitrogen and oxygen atoms in total. The molecule has 0 atom stereocenters. The molecule has 0 aliphatic carbocycles. The number of aromatic nitrogens is 4. The number of amides is 2. The molecule has 0 saturated heterocycles. The van der Waals surface area contributed by atoms with Crippen molar-refractivity contribution in [3.05, 3.63) is 28.2 Å². The minimum Gasteiger partial charge on any atom is -0.355 e. The summed E-state index contributed by atoms with van der Waals surface area (Å²) in [6, 6.07) is 0. The highest BCUT2D eigenvalue weighted by atomic mass is 32.1. The third kappa shape index (κ3) is 4.46. The molecule has 0 radical (unpaired) electrons. The molecule has 2 amide bonds. The van der Waals surface area contributed by atoms with Crippen molar-refractivity contribution in [3.63, 3.8) is 0 Å². The van der Waals surface area contributed by atoms with Crippen LogP contribution in [0.5, 0.6) is 0 Å². The van der Waals surface area contributed by atoms with Gasteiger partial charge in [-0.2, -0.15) is 0 Å². The largest absolute Gasteiger partial charge is 0.355 e.